The SMILES string of the molecule is CCCc1nc(-c2cc(Cl)ccc2Br)nc(Cl)c1Br. The molecular formula is C13H10Br2Cl2N2. The molecule has 0 aliphatic carbocycles. The molecule has 2 nitrogen and oxygen atoms in total. The van der Waals surface area contributed by atoms with Crippen LogP contribution < -0.4 is 0 Å². The number of hydrogen-bond acceptors (Lipinski definition) is 2. The average Bonchev–Trinajstić information content (AvgIpc) is 2.38. The third kappa shape index (κ3) is 3.48. The number of rotatable bonds is 3. The molecule has 0 saturated carbocycles. The smallest absolute Gasteiger partial charge is 0.162 e. The average molecular weight is 425 g/mol. The molecule has 100 valence electrons. The second-order valence-corrected chi connectivity index (χ2v) is 6.41. The summed E-state index contributed by atoms with van der Waals surface area (Å²) in [5.41, 5.74) is 1.74. The van der Waals surface area contributed by atoms with Crippen molar-refractivity contribution in [2.24, 2.45) is 0 Å². The predicted molar refractivity (Wildman–Crippen MR) is 86.9 cm³/mol. The molecule has 1 heterocycles. The van der Waals surface area contributed by atoms with Crippen LogP contribution in [-0.4, -0.2) is 9.97 Å². The maximum atomic E-state index is 6.15. The fraction of sp³-hybridized carbons (Fsp3) is 0.231. The number of hydrogen-bond donors (Lipinski definition) is 0. The van der Waals surface area contributed by atoms with Gasteiger partial charge in [-0.25, -0.2) is 9.97 Å². The molecule has 0 radical (unpaired) electrons. The molecule has 0 saturated heterocycles. The van der Waals surface area contributed by atoms with Crippen molar-refractivity contribution >= 4 is 55.1 Å². The summed E-state index contributed by atoms with van der Waals surface area (Å²) in [5, 5.41) is 1.05. The standard InChI is InChI=1S/C13H10Br2Cl2N2/c1-2-3-10-11(15)12(17)19-13(18-10)8-6-7(16)4-5-9(8)14/h4-6H,2-3H2,1H3. The minimum atomic E-state index is 0.417. The van der Waals surface area contributed by atoms with Gasteiger partial charge in [0.15, 0.2) is 5.82 Å². The van der Waals surface area contributed by atoms with Crippen molar-refractivity contribution in [3.63, 3.8) is 0 Å². The molecule has 0 amide bonds. The largest absolute Gasteiger partial charge is 0.232 e. The normalized spacial score (nSPS) is 10.8. The Labute approximate surface area is 138 Å². The molecule has 0 unspecified atom stereocenters. The van der Waals surface area contributed by atoms with Gasteiger partial charge in [0.2, 0.25) is 0 Å². The lowest BCUT2D eigenvalue weighted by atomic mass is 10.2. The fourth-order valence-corrected chi connectivity index (χ4v) is 2.82. The monoisotopic (exact) mass is 422 g/mol. The van der Waals surface area contributed by atoms with Gasteiger partial charge >= 0.3 is 0 Å². The van der Waals surface area contributed by atoms with Crippen molar-refractivity contribution in [1.29, 1.82) is 0 Å². The molecule has 2 aromatic rings. The van der Waals surface area contributed by atoms with Gasteiger partial charge in [-0.15, -0.1) is 0 Å². The third-order valence-corrected chi connectivity index (χ3v) is 4.80. The molecule has 19 heavy (non-hydrogen) atoms. The van der Waals surface area contributed by atoms with Crippen molar-refractivity contribution in [3.8, 4) is 11.4 Å². The predicted octanol–water partition coefficient (Wildman–Crippen LogP) is 5.93. The van der Waals surface area contributed by atoms with E-state index in [-0.39, 0.29) is 0 Å². The second-order valence-electron chi connectivity index (χ2n) is 3.97. The Balaban J connectivity index is 2.59. The van der Waals surface area contributed by atoms with Crippen molar-refractivity contribution in [3.05, 3.63) is 43.0 Å². The van der Waals surface area contributed by atoms with Gasteiger partial charge < -0.3 is 0 Å². The lowest BCUT2D eigenvalue weighted by molar-refractivity contribution is 0.868. The first kappa shape index (κ1) is 15.2. The summed E-state index contributed by atoms with van der Waals surface area (Å²) in [6.45, 7) is 2.09. The van der Waals surface area contributed by atoms with E-state index in [2.05, 4.69) is 48.8 Å². The molecule has 0 spiro atoms. The minimum Gasteiger partial charge on any atom is -0.232 e. The lowest BCUT2D eigenvalue weighted by Crippen LogP contribution is -1.99. The summed E-state index contributed by atoms with van der Waals surface area (Å²) in [7, 11) is 0. The summed E-state index contributed by atoms with van der Waals surface area (Å²) in [4.78, 5) is 8.87. The van der Waals surface area contributed by atoms with E-state index in [0.29, 0.717) is 16.0 Å². The highest BCUT2D eigenvalue weighted by molar-refractivity contribution is 9.11. The summed E-state index contributed by atoms with van der Waals surface area (Å²) < 4.78 is 1.65. The molecule has 2 rings (SSSR count). The van der Waals surface area contributed by atoms with E-state index >= 15 is 0 Å². The van der Waals surface area contributed by atoms with Gasteiger partial charge in [-0.2, -0.15) is 0 Å². The zero-order valence-corrected chi connectivity index (χ0v) is 14.7. The van der Waals surface area contributed by atoms with E-state index in [4.69, 9.17) is 23.2 Å². The van der Waals surface area contributed by atoms with Crippen LogP contribution >= 0.6 is 55.1 Å². The van der Waals surface area contributed by atoms with Gasteiger partial charge in [0.1, 0.15) is 5.15 Å². The Bertz CT molecular complexity index is 618. The summed E-state index contributed by atoms with van der Waals surface area (Å²) in [6.07, 6.45) is 1.83. The van der Waals surface area contributed by atoms with Gasteiger partial charge in [-0.05, 0) is 40.5 Å². The van der Waals surface area contributed by atoms with Crippen LogP contribution in [0.5, 0.6) is 0 Å². The van der Waals surface area contributed by atoms with Crippen molar-refractivity contribution in [2.45, 2.75) is 19.8 Å². The lowest BCUT2D eigenvalue weighted by Gasteiger charge is -2.09. The first-order valence-corrected chi connectivity index (χ1v) is 8.04. The molecule has 0 aliphatic rings. The van der Waals surface area contributed by atoms with Crippen LogP contribution in [0.4, 0.5) is 0 Å². The highest BCUT2D eigenvalue weighted by Gasteiger charge is 2.13. The second kappa shape index (κ2) is 6.53. The fourth-order valence-electron chi connectivity index (χ4n) is 1.65. The Hall–Kier alpha value is -0.160. The first-order chi connectivity index (χ1) is 9.02. The van der Waals surface area contributed by atoms with Crippen LogP contribution in [0.3, 0.4) is 0 Å². The molecular weight excluding hydrogens is 415 g/mol. The van der Waals surface area contributed by atoms with E-state index in [9.17, 15) is 0 Å². The molecule has 0 bridgehead atoms. The van der Waals surface area contributed by atoms with Crippen LogP contribution in [0.1, 0.15) is 19.0 Å². The van der Waals surface area contributed by atoms with E-state index in [1.54, 1.807) is 0 Å². The maximum absolute atomic E-state index is 6.15. The van der Waals surface area contributed by atoms with Crippen molar-refractivity contribution in [2.75, 3.05) is 0 Å². The van der Waals surface area contributed by atoms with Crippen molar-refractivity contribution in [1.82, 2.24) is 9.97 Å². The van der Waals surface area contributed by atoms with E-state index in [1.807, 2.05) is 18.2 Å². The van der Waals surface area contributed by atoms with E-state index in [0.717, 1.165) is 33.0 Å². The molecule has 1 aromatic heterocycles. The van der Waals surface area contributed by atoms with Crippen LogP contribution in [-0.2, 0) is 6.42 Å². The number of aryl methyl sites for hydroxylation is 1. The zero-order valence-electron chi connectivity index (χ0n) is 10.1. The van der Waals surface area contributed by atoms with Crippen LogP contribution in [0, 0.1) is 0 Å². The Morgan fingerprint density at radius 2 is 1.89 bits per heavy atom. The van der Waals surface area contributed by atoms with Gasteiger partial charge in [0.05, 0.1) is 10.2 Å². The molecule has 0 fully saturated rings. The Morgan fingerprint density at radius 3 is 2.58 bits per heavy atom. The van der Waals surface area contributed by atoms with Gasteiger partial charge in [0, 0.05) is 15.1 Å². The van der Waals surface area contributed by atoms with Crippen LogP contribution in [0.15, 0.2) is 27.1 Å². The summed E-state index contributed by atoms with van der Waals surface area (Å²) >= 11 is 19.1. The topological polar surface area (TPSA) is 25.8 Å². The quantitative estimate of drug-likeness (QED) is 0.571. The highest BCUT2D eigenvalue weighted by atomic mass is 79.9. The van der Waals surface area contributed by atoms with Crippen LogP contribution in [0.25, 0.3) is 11.4 Å². The molecule has 1 aromatic carbocycles. The molecule has 0 aliphatic heterocycles. The first-order valence-electron chi connectivity index (χ1n) is 5.70. The molecule has 6 heteroatoms. The number of benzene rings is 1. The number of halogens is 4. The van der Waals surface area contributed by atoms with Crippen molar-refractivity contribution < 1.29 is 0 Å². The Morgan fingerprint density at radius 1 is 1.16 bits per heavy atom. The number of aromatic nitrogens is 2. The number of nitrogens with zero attached hydrogens (tertiary/aromatic N) is 2. The minimum absolute atomic E-state index is 0.417. The van der Waals surface area contributed by atoms with Gasteiger partial charge in [-0.1, -0.05) is 52.5 Å². The van der Waals surface area contributed by atoms with Gasteiger partial charge in [0.25, 0.3) is 0 Å². The zero-order chi connectivity index (χ0) is 14.0. The molecule has 0 N–H and O–H groups in total. The highest BCUT2D eigenvalue weighted by Crippen LogP contribution is 2.32. The summed E-state index contributed by atoms with van der Waals surface area (Å²) in [6, 6.07) is 5.50. The Kier molecular flexibility index (Phi) is 5.23. The van der Waals surface area contributed by atoms with Gasteiger partial charge in [-0.3, -0.25) is 0 Å². The summed E-state index contributed by atoms with van der Waals surface area (Å²) in [5.74, 6) is 0.575. The third-order valence-electron chi connectivity index (χ3n) is 2.54. The maximum Gasteiger partial charge on any atom is 0.162 e. The van der Waals surface area contributed by atoms with E-state index in [1.165, 1.54) is 0 Å². The van der Waals surface area contributed by atoms with E-state index < -0.39 is 0 Å². The molecule has 0 atom stereocenters. The van der Waals surface area contributed by atoms with Crippen LogP contribution in [0.2, 0.25) is 10.2 Å².